The van der Waals surface area contributed by atoms with Gasteiger partial charge in [0.15, 0.2) is 0 Å². The summed E-state index contributed by atoms with van der Waals surface area (Å²) in [5, 5.41) is 2.38. The molecule has 170 valence electrons. The van der Waals surface area contributed by atoms with Gasteiger partial charge < -0.3 is 20.0 Å². The van der Waals surface area contributed by atoms with Crippen LogP contribution in [0.5, 0.6) is 0 Å². The molecule has 1 fully saturated rings. The maximum Gasteiger partial charge on any atom is 0.249 e. The fourth-order valence-corrected chi connectivity index (χ4v) is 3.75. The third-order valence-electron chi connectivity index (χ3n) is 5.64. The predicted molar refractivity (Wildman–Crippen MR) is 116 cm³/mol. The number of carbonyl (C=O) groups is 4. The maximum absolute atomic E-state index is 13.1. The molecule has 1 aliphatic heterocycles. The molecular weight excluding hydrogens is 384 g/mol. The average Bonchev–Trinajstić information content (AvgIpc) is 3.21. The number of nitrogens with one attached hydrogen (secondary N) is 1. The van der Waals surface area contributed by atoms with Gasteiger partial charge in [0.1, 0.15) is 6.04 Å². The molecule has 0 spiro atoms. The first-order valence-electron chi connectivity index (χ1n) is 10.8. The van der Waals surface area contributed by atoms with Crippen LogP contribution in [0.2, 0.25) is 0 Å². The van der Waals surface area contributed by atoms with Gasteiger partial charge in [-0.25, -0.2) is 0 Å². The molecule has 1 aliphatic rings. The molecule has 1 rings (SSSR count). The van der Waals surface area contributed by atoms with Gasteiger partial charge in [0.2, 0.25) is 24.1 Å². The minimum absolute atomic E-state index is 0.00487. The van der Waals surface area contributed by atoms with Gasteiger partial charge in [-0.1, -0.05) is 33.3 Å². The molecule has 1 saturated heterocycles. The number of carbonyl (C=O) groups excluding carboxylic acids is 4. The third kappa shape index (κ3) is 6.85. The third-order valence-corrected chi connectivity index (χ3v) is 5.64. The second-order valence-corrected chi connectivity index (χ2v) is 8.36. The molecule has 2 unspecified atom stereocenters. The fourth-order valence-electron chi connectivity index (χ4n) is 3.75. The van der Waals surface area contributed by atoms with Crippen LogP contribution in [0.1, 0.15) is 53.4 Å². The lowest BCUT2D eigenvalue weighted by molar-refractivity contribution is -0.141. The predicted octanol–water partition coefficient (Wildman–Crippen LogP) is 1.41. The SMILES string of the molecule is CCCCN(C)C(=O)C1CCCN1C(=O)C(C)=CC(C(C)C)N(C)C(=O)CNC=O. The number of hydrogen-bond acceptors (Lipinski definition) is 4. The summed E-state index contributed by atoms with van der Waals surface area (Å²) in [5.74, 6) is -0.319. The van der Waals surface area contributed by atoms with E-state index in [1.54, 1.807) is 41.8 Å². The molecule has 2 atom stereocenters. The summed E-state index contributed by atoms with van der Waals surface area (Å²) in [6.45, 7) is 8.94. The van der Waals surface area contributed by atoms with Gasteiger partial charge in [-0.3, -0.25) is 19.2 Å². The van der Waals surface area contributed by atoms with Crippen molar-refractivity contribution in [2.75, 3.05) is 33.7 Å². The van der Waals surface area contributed by atoms with Gasteiger partial charge in [-0.15, -0.1) is 0 Å². The van der Waals surface area contributed by atoms with Crippen LogP contribution in [0, 0.1) is 5.92 Å². The Kier molecular flexibility index (Phi) is 10.6. The van der Waals surface area contributed by atoms with Crippen molar-refractivity contribution in [3.63, 3.8) is 0 Å². The van der Waals surface area contributed by atoms with Crippen LogP contribution in [0.15, 0.2) is 11.6 Å². The lowest BCUT2D eigenvalue weighted by Gasteiger charge is -2.31. The van der Waals surface area contributed by atoms with E-state index >= 15 is 0 Å². The lowest BCUT2D eigenvalue weighted by atomic mass is 9.99. The van der Waals surface area contributed by atoms with Gasteiger partial charge in [0, 0.05) is 32.8 Å². The van der Waals surface area contributed by atoms with Crippen molar-refractivity contribution >= 4 is 24.1 Å². The molecule has 1 N–H and O–H groups in total. The molecule has 0 saturated carbocycles. The van der Waals surface area contributed by atoms with Crippen LogP contribution >= 0.6 is 0 Å². The summed E-state index contributed by atoms with van der Waals surface area (Å²) < 4.78 is 0. The first-order valence-corrected chi connectivity index (χ1v) is 10.8. The van der Waals surface area contributed by atoms with Gasteiger partial charge in [0.25, 0.3) is 0 Å². The van der Waals surface area contributed by atoms with Crippen molar-refractivity contribution in [3.8, 4) is 0 Å². The quantitative estimate of drug-likeness (QED) is 0.403. The van der Waals surface area contributed by atoms with E-state index in [4.69, 9.17) is 0 Å². The Morgan fingerprint density at radius 3 is 2.47 bits per heavy atom. The van der Waals surface area contributed by atoms with E-state index in [0.717, 1.165) is 19.3 Å². The molecule has 8 nitrogen and oxygen atoms in total. The summed E-state index contributed by atoms with van der Waals surface area (Å²) in [4.78, 5) is 53.7. The molecule has 0 aromatic rings. The van der Waals surface area contributed by atoms with Crippen molar-refractivity contribution in [2.45, 2.75) is 65.5 Å². The highest BCUT2D eigenvalue weighted by Crippen LogP contribution is 2.23. The van der Waals surface area contributed by atoms with Crippen LogP contribution < -0.4 is 5.32 Å². The summed E-state index contributed by atoms with van der Waals surface area (Å²) >= 11 is 0. The van der Waals surface area contributed by atoms with Gasteiger partial charge in [-0.2, -0.15) is 0 Å². The molecule has 4 amide bonds. The number of unbranched alkanes of at least 4 members (excludes halogenated alkanes) is 1. The fraction of sp³-hybridized carbons (Fsp3) is 0.727. The second kappa shape index (κ2) is 12.3. The minimum atomic E-state index is -0.420. The van der Waals surface area contributed by atoms with E-state index in [1.165, 1.54) is 0 Å². The molecule has 8 heteroatoms. The zero-order chi connectivity index (χ0) is 22.8. The van der Waals surface area contributed by atoms with E-state index in [0.29, 0.717) is 31.5 Å². The summed E-state index contributed by atoms with van der Waals surface area (Å²) in [6, 6.07) is -0.713. The molecular formula is C22H38N4O4. The Balaban J connectivity index is 2.95. The lowest BCUT2D eigenvalue weighted by Crippen LogP contribution is -2.47. The van der Waals surface area contributed by atoms with Gasteiger partial charge in [-0.05, 0) is 32.1 Å². The van der Waals surface area contributed by atoms with Crippen LogP contribution in [0.3, 0.4) is 0 Å². The van der Waals surface area contributed by atoms with E-state index < -0.39 is 6.04 Å². The Labute approximate surface area is 180 Å². The standard InChI is InChI=1S/C22H38N4O4/c1-7-8-11-24(5)22(30)18-10-9-12-26(18)21(29)17(4)13-19(16(2)3)25(6)20(28)14-23-15-27/h13,15-16,18-19H,7-12,14H2,1-6H3,(H,23,27). The van der Waals surface area contributed by atoms with Crippen molar-refractivity contribution in [3.05, 3.63) is 11.6 Å². The highest BCUT2D eigenvalue weighted by molar-refractivity contribution is 5.97. The smallest absolute Gasteiger partial charge is 0.249 e. The molecule has 0 aliphatic carbocycles. The molecule has 30 heavy (non-hydrogen) atoms. The van der Waals surface area contributed by atoms with Crippen LogP contribution in [-0.2, 0) is 19.2 Å². The Morgan fingerprint density at radius 1 is 1.23 bits per heavy atom. The molecule has 0 aromatic heterocycles. The second-order valence-electron chi connectivity index (χ2n) is 8.36. The average molecular weight is 423 g/mol. The molecule has 0 radical (unpaired) electrons. The Morgan fingerprint density at radius 2 is 1.90 bits per heavy atom. The highest BCUT2D eigenvalue weighted by Gasteiger charge is 2.36. The van der Waals surface area contributed by atoms with Crippen molar-refractivity contribution in [1.29, 1.82) is 0 Å². The highest BCUT2D eigenvalue weighted by atomic mass is 16.2. The van der Waals surface area contributed by atoms with E-state index in [-0.39, 0.29) is 36.2 Å². The number of nitrogens with zero attached hydrogens (tertiary/aromatic N) is 3. The summed E-state index contributed by atoms with van der Waals surface area (Å²) in [6.07, 6.45) is 5.72. The van der Waals surface area contributed by atoms with Crippen LogP contribution in [0.25, 0.3) is 0 Å². The summed E-state index contributed by atoms with van der Waals surface area (Å²) in [7, 11) is 3.46. The topological polar surface area (TPSA) is 90.0 Å². The van der Waals surface area contributed by atoms with Gasteiger partial charge >= 0.3 is 0 Å². The maximum atomic E-state index is 13.1. The number of likely N-dealkylation sites (tertiary alicyclic amines) is 1. The monoisotopic (exact) mass is 422 g/mol. The zero-order valence-electron chi connectivity index (χ0n) is 19.3. The van der Waals surface area contributed by atoms with Gasteiger partial charge in [0.05, 0.1) is 12.6 Å². The molecule has 0 aromatic carbocycles. The molecule has 1 heterocycles. The van der Waals surface area contributed by atoms with E-state index in [9.17, 15) is 19.2 Å². The number of likely N-dealkylation sites (N-methyl/N-ethyl adjacent to an activating group) is 2. The zero-order valence-corrected chi connectivity index (χ0v) is 19.3. The number of rotatable bonds is 11. The first kappa shape index (κ1) is 25.7. The van der Waals surface area contributed by atoms with Crippen LogP contribution in [0.4, 0.5) is 0 Å². The van der Waals surface area contributed by atoms with E-state index in [2.05, 4.69) is 12.2 Å². The van der Waals surface area contributed by atoms with E-state index in [1.807, 2.05) is 13.8 Å². The Hall–Kier alpha value is -2.38. The summed E-state index contributed by atoms with van der Waals surface area (Å²) in [5.41, 5.74) is 0.521. The minimum Gasteiger partial charge on any atom is -0.350 e. The van der Waals surface area contributed by atoms with Crippen molar-refractivity contribution < 1.29 is 19.2 Å². The molecule has 0 bridgehead atoms. The number of hydrogen-bond donors (Lipinski definition) is 1. The normalized spacial score (nSPS) is 17.6. The largest absolute Gasteiger partial charge is 0.350 e. The van der Waals surface area contributed by atoms with Crippen molar-refractivity contribution in [1.82, 2.24) is 20.0 Å². The Bertz CT molecular complexity index is 647. The van der Waals surface area contributed by atoms with Crippen LogP contribution in [-0.4, -0.2) is 84.6 Å². The first-order chi connectivity index (χ1) is 14.1. The number of amides is 4. The van der Waals surface area contributed by atoms with Crippen molar-refractivity contribution in [2.24, 2.45) is 5.92 Å².